The average molecular weight is 281 g/mol. The van der Waals surface area contributed by atoms with Crippen molar-refractivity contribution in [3.05, 3.63) is 65.2 Å². The summed E-state index contributed by atoms with van der Waals surface area (Å²) in [5.41, 5.74) is 8.72. The van der Waals surface area contributed by atoms with Crippen molar-refractivity contribution in [3.63, 3.8) is 0 Å². The van der Waals surface area contributed by atoms with Crippen LogP contribution in [0.25, 0.3) is 5.57 Å². The van der Waals surface area contributed by atoms with Crippen LogP contribution < -0.4 is 10.5 Å². The first kappa shape index (κ1) is 13.4. The first-order chi connectivity index (χ1) is 10.3. The second-order valence-electron chi connectivity index (χ2n) is 4.64. The minimum absolute atomic E-state index is 0.102. The molecule has 1 heterocycles. The number of ether oxygens (including phenoxy) is 2. The molecule has 4 heteroatoms. The van der Waals surface area contributed by atoms with Gasteiger partial charge in [0.05, 0.1) is 12.7 Å². The highest BCUT2D eigenvalue weighted by Crippen LogP contribution is 2.44. The molecule has 0 fully saturated rings. The van der Waals surface area contributed by atoms with Crippen molar-refractivity contribution in [2.24, 2.45) is 5.73 Å². The molecule has 0 aromatic heterocycles. The van der Waals surface area contributed by atoms with Gasteiger partial charge < -0.3 is 15.2 Å². The Hall–Kier alpha value is -2.59. The largest absolute Gasteiger partial charge is 0.466 e. The van der Waals surface area contributed by atoms with Crippen LogP contribution in [0.2, 0.25) is 0 Å². The molecule has 0 radical (unpaired) electrons. The van der Waals surface area contributed by atoms with Crippen LogP contribution in [0, 0.1) is 0 Å². The maximum atomic E-state index is 12.1. The number of benzene rings is 2. The molecule has 0 spiro atoms. The van der Waals surface area contributed by atoms with Crippen LogP contribution in [0.3, 0.4) is 0 Å². The summed E-state index contributed by atoms with van der Waals surface area (Å²) in [7, 11) is 1.36. The van der Waals surface area contributed by atoms with Crippen LogP contribution in [0.4, 0.5) is 0 Å². The van der Waals surface area contributed by atoms with Crippen molar-refractivity contribution in [2.45, 2.75) is 0 Å². The average Bonchev–Trinajstić information content (AvgIpc) is 2.54. The van der Waals surface area contributed by atoms with E-state index in [-0.39, 0.29) is 6.54 Å². The Morgan fingerprint density at radius 2 is 1.57 bits per heavy atom. The van der Waals surface area contributed by atoms with Gasteiger partial charge in [0.1, 0.15) is 11.5 Å². The number of nitrogens with two attached hydrogens (primary N) is 1. The lowest BCUT2D eigenvalue weighted by molar-refractivity contribution is -0.136. The number of hydrogen-bond donors (Lipinski definition) is 1. The minimum atomic E-state index is -0.418. The monoisotopic (exact) mass is 281 g/mol. The Bertz CT molecular complexity index is 687. The van der Waals surface area contributed by atoms with Crippen LogP contribution in [-0.2, 0) is 9.53 Å². The summed E-state index contributed by atoms with van der Waals surface area (Å²) in [5.74, 6) is 1.00. The molecule has 0 bridgehead atoms. The Kier molecular flexibility index (Phi) is 3.46. The highest BCUT2D eigenvalue weighted by atomic mass is 16.5. The first-order valence-corrected chi connectivity index (χ1v) is 6.64. The lowest BCUT2D eigenvalue weighted by atomic mass is 9.90. The molecule has 0 unspecified atom stereocenters. The summed E-state index contributed by atoms with van der Waals surface area (Å²) < 4.78 is 10.8. The fourth-order valence-electron chi connectivity index (χ4n) is 2.52. The number of para-hydroxylation sites is 2. The normalized spacial score (nSPS) is 12.0. The lowest BCUT2D eigenvalue weighted by Gasteiger charge is -2.24. The molecule has 0 saturated heterocycles. The Balaban J connectivity index is 2.33. The van der Waals surface area contributed by atoms with E-state index in [2.05, 4.69) is 0 Å². The van der Waals surface area contributed by atoms with Crippen molar-refractivity contribution in [1.82, 2.24) is 0 Å². The van der Waals surface area contributed by atoms with Gasteiger partial charge in [0.15, 0.2) is 0 Å². The van der Waals surface area contributed by atoms with Crippen molar-refractivity contribution >= 4 is 11.5 Å². The standard InChI is InChI=1S/C17H15NO3/c1-20-17(19)13(10-18)16-11-6-2-4-8-14(11)21-15-9-5-3-7-12(15)16/h2-9H,10,18H2,1H3. The molecule has 2 N–H and O–H groups in total. The summed E-state index contributed by atoms with van der Waals surface area (Å²) in [5, 5.41) is 0. The van der Waals surface area contributed by atoms with Crippen molar-refractivity contribution in [3.8, 4) is 11.5 Å². The van der Waals surface area contributed by atoms with E-state index in [1.807, 2.05) is 48.5 Å². The summed E-state index contributed by atoms with van der Waals surface area (Å²) in [6, 6.07) is 15.2. The molecule has 0 amide bonds. The van der Waals surface area contributed by atoms with Gasteiger partial charge in [-0.05, 0) is 12.1 Å². The highest BCUT2D eigenvalue weighted by Gasteiger charge is 2.26. The second-order valence-corrected chi connectivity index (χ2v) is 4.64. The number of esters is 1. The zero-order valence-corrected chi connectivity index (χ0v) is 11.6. The predicted octanol–water partition coefficient (Wildman–Crippen LogP) is 2.73. The van der Waals surface area contributed by atoms with E-state index in [0.29, 0.717) is 17.1 Å². The topological polar surface area (TPSA) is 61.5 Å². The van der Waals surface area contributed by atoms with E-state index in [9.17, 15) is 4.79 Å². The first-order valence-electron chi connectivity index (χ1n) is 6.64. The summed E-state index contributed by atoms with van der Waals surface area (Å²) in [6.07, 6.45) is 0. The van der Waals surface area contributed by atoms with Crippen LogP contribution in [-0.4, -0.2) is 19.6 Å². The van der Waals surface area contributed by atoms with E-state index < -0.39 is 5.97 Å². The highest BCUT2D eigenvalue weighted by molar-refractivity contribution is 6.04. The third kappa shape index (κ3) is 2.19. The van der Waals surface area contributed by atoms with Crippen LogP contribution >= 0.6 is 0 Å². The van der Waals surface area contributed by atoms with Gasteiger partial charge in [0.25, 0.3) is 0 Å². The summed E-state index contributed by atoms with van der Waals surface area (Å²) in [6.45, 7) is 0.102. The molecular formula is C17H15NO3. The van der Waals surface area contributed by atoms with Crippen molar-refractivity contribution in [2.75, 3.05) is 13.7 Å². The van der Waals surface area contributed by atoms with Gasteiger partial charge in [-0.2, -0.15) is 0 Å². The third-order valence-electron chi connectivity index (χ3n) is 3.47. The molecular weight excluding hydrogens is 266 g/mol. The van der Waals surface area contributed by atoms with Gasteiger partial charge >= 0.3 is 5.97 Å². The molecule has 2 aromatic carbocycles. The molecule has 21 heavy (non-hydrogen) atoms. The zero-order valence-electron chi connectivity index (χ0n) is 11.6. The number of hydrogen-bond acceptors (Lipinski definition) is 4. The maximum absolute atomic E-state index is 12.1. The molecule has 106 valence electrons. The number of fused-ring (bicyclic) bond motifs is 2. The molecule has 3 rings (SSSR count). The smallest absolute Gasteiger partial charge is 0.335 e. The van der Waals surface area contributed by atoms with E-state index in [1.54, 1.807) is 0 Å². The van der Waals surface area contributed by atoms with Crippen LogP contribution in [0.5, 0.6) is 11.5 Å². The van der Waals surface area contributed by atoms with Gasteiger partial charge in [-0.25, -0.2) is 4.79 Å². The van der Waals surface area contributed by atoms with E-state index in [1.165, 1.54) is 7.11 Å². The molecule has 2 aromatic rings. The molecule has 1 aliphatic heterocycles. The molecule has 0 aliphatic carbocycles. The fraction of sp³-hybridized carbons (Fsp3) is 0.118. The number of rotatable bonds is 2. The third-order valence-corrected chi connectivity index (χ3v) is 3.47. The Labute approximate surface area is 122 Å². The molecule has 4 nitrogen and oxygen atoms in total. The summed E-state index contributed by atoms with van der Waals surface area (Å²) in [4.78, 5) is 12.1. The van der Waals surface area contributed by atoms with Crippen molar-refractivity contribution in [1.29, 1.82) is 0 Å². The van der Waals surface area contributed by atoms with Crippen molar-refractivity contribution < 1.29 is 14.3 Å². The number of carbonyl (C=O) groups is 1. The van der Waals surface area contributed by atoms with E-state index >= 15 is 0 Å². The lowest BCUT2D eigenvalue weighted by Crippen LogP contribution is -2.18. The number of methoxy groups -OCH3 is 1. The van der Waals surface area contributed by atoms with E-state index in [4.69, 9.17) is 15.2 Å². The van der Waals surface area contributed by atoms with Crippen LogP contribution in [0.15, 0.2) is 54.1 Å². The quantitative estimate of drug-likeness (QED) is 0.579. The van der Waals surface area contributed by atoms with Gasteiger partial charge in [0, 0.05) is 23.2 Å². The maximum Gasteiger partial charge on any atom is 0.335 e. The zero-order chi connectivity index (χ0) is 14.8. The van der Waals surface area contributed by atoms with E-state index in [0.717, 1.165) is 16.7 Å². The molecule has 0 atom stereocenters. The van der Waals surface area contributed by atoms with Gasteiger partial charge in [-0.1, -0.05) is 36.4 Å². The SMILES string of the molecule is COC(=O)C(CN)=C1c2ccccc2Oc2ccccc21. The molecule has 1 aliphatic rings. The Morgan fingerprint density at radius 3 is 2.05 bits per heavy atom. The van der Waals surface area contributed by atoms with Crippen LogP contribution in [0.1, 0.15) is 11.1 Å². The summed E-state index contributed by atoms with van der Waals surface area (Å²) >= 11 is 0. The molecule has 0 saturated carbocycles. The van der Waals surface area contributed by atoms with Gasteiger partial charge in [-0.3, -0.25) is 0 Å². The minimum Gasteiger partial charge on any atom is -0.466 e. The predicted molar refractivity (Wildman–Crippen MR) is 80.1 cm³/mol. The second kappa shape index (κ2) is 5.42. The fourth-order valence-corrected chi connectivity index (χ4v) is 2.52. The van der Waals surface area contributed by atoms with Gasteiger partial charge in [-0.15, -0.1) is 0 Å². The Morgan fingerprint density at radius 1 is 1.05 bits per heavy atom. The number of carbonyl (C=O) groups excluding carboxylic acids is 1. The van der Waals surface area contributed by atoms with Gasteiger partial charge in [0.2, 0.25) is 0 Å².